The molecule has 5 heteroatoms. The number of rotatable bonds is 5. The number of benzene rings is 1. The summed E-state index contributed by atoms with van der Waals surface area (Å²) in [7, 11) is 0. The first-order valence-corrected chi connectivity index (χ1v) is 6.46. The number of fused-ring (bicyclic) bond motifs is 1. The van der Waals surface area contributed by atoms with Crippen LogP contribution in [0.1, 0.15) is 24.0 Å². The number of nitrogens with zero attached hydrogens (tertiary/aromatic N) is 1. The molecule has 0 bridgehead atoms. The van der Waals surface area contributed by atoms with Crippen molar-refractivity contribution in [3.05, 3.63) is 29.3 Å². The third-order valence-electron chi connectivity index (χ3n) is 3.21. The minimum Gasteiger partial charge on any atom is -0.396 e. The second-order valence-corrected chi connectivity index (χ2v) is 4.63. The average Bonchev–Trinajstić information content (AvgIpc) is 2.71. The maximum absolute atomic E-state index is 12.0. The van der Waals surface area contributed by atoms with Crippen molar-refractivity contribution in [3.63, 3.8) is 0 Å². The van der Waals surface area contributed by atoms with Crippen LogP contribution in [0.3, 0.4) is 0 Å². The lowest BCUT2D eigenvalue weighted by molar-refractivity contribution is -0.125. The van der Waals surface area contributed by atoms with Gasteiger partial charge >= 0.3 is 0 Å². The quantitative estimate of drug-likeness (QED) is 0.803. The number of aliphatic hydroxyl groups is 1. The summed E-state index contributed by atoms with van der Waals surface area (Å²) in [4.78, 5) is 25.1. The number of imide groups is 1. The molecule has 0 spiro atoms. The van der Waals surface area contributed by atoms with Crippen LogP contribution in [-0.2, 0) is 22.4 Å². The number of carbonyl (C=O) groups excluding carboxylic acids is 2. The van der Waals surface area contributed by atoms with Gasteiger partial charge in [0.1, 0.15) is 0 Å². The molecule has 3 N–H and O–H groups in total. The molecule has 0 radical (unpaired) electrons. The van der Waals surface area contributed by atoms with Crippen LogP contribution in [0.4, 0.5) is 5.69 Å². The third kappa shape index (κ3) is 2.83. The molecule has 0 aromatic heterocycles. The molecule has 1 aliphatic rings. The number of amides is 2. The molecule has 1 aromatic rings. The van der Waals surface area contributed by atoms with E-state index in [1.807, 2.05) is 18.2 Å². The van der Waals surface area contributed by atoms with E-state index in [1.54, 1.807) is 0 Å². The first-order chi connectivity index (χ1) is 9.17. The van der Waals surface area contributed by atoms with E-state index in [2.05, 4.69) is 0 Å². The fraction of sp³-hybridized carbons (Fsp3) is 0.429. The molecule has 0 aliphatic carbocycles. The van der Waals surface area contributed by atoms with Gasteiger partial charge in [-0.15, -0.1) is 0 Å². The highest BCUT2D eigenvalue weighted by molar-refractivity contribution is 6.19. The zero-order valence-electron chi connectivity index (χ0n) is 10.8. The molecular weight excluding hydrogens is 244 g/mol. The van der Waals surface area contributed by atoms with Crippen LogP contribution < -0.4 is 10.6 Å². The van der Waals surface area contributed by atoms with Gasteiger partial charge in [-0.3, -0.25) is 9.59 Å². The molecule has 2 amide bonds. The van der Waals surface area contributed by atoms with Gasteiger partial charge in [-0.05, 0) is 36.6 Å². The highest BCUT2D eigenvalue weighted by Gasteiger charge is 2.31. The van der Waals surface area contributed by atoms with E-state index in [0.717, 1.165) is 17.5 Å². The van der Waals surface area contributed by atoms with E-state index >= 15 is 0 Å². The van der Waals surface area contributed by atoms with E-state index < -0.39 is 0 Å². The number of hydrogen-bond acceptors (Lipinski definition) is 4. The minimum absolute atomic E-state index is 0.0456. The molecule has 102 valence electrons. The Hall–Kier alpha value is -1.72. The summed E-state index contributed by atoms with van der Waals surface area (Å²) in [5.74, 6) is -0.438. The first kappa shape index (κ1) is 13.7. The van der Waals surface area contributed by atoms with Crippen molar-refractivity contribution in [2.75, 3.05) is 18.1 Å². The monoisotopic (exact) mass is 262 g/mol. The Labute approximate surface area is 112 Å². The van der Waals surface area contributed by atoms with Crippen LogP contribution in [0.2, 0.25) is 0 Å². The van der Waals surface area contributed by atoms with E-state index in [4.69, 9.17) is 10.8 Å². The SMILES string of the molecule is NCCc1ccc2c(c1)CC(=O)N2C(=O)CCCO. The van der Waals surface area contributed by atoms with Gasteiger partial charge in [-0.25, -0.2) is 4.90 Å². The maximum atomic E-state index is 12.0. The van der Waals surface area contributed by atoms with Crippen molar-refractivity contribution in [1.29, 1.82) is 0 Å². The Bertz CT molecular complexity index is 499. The van der Waals surface area contributed by atoms with Crippen LogP contribution in [0.25, 0.3) is 0 Å². The van der Waals surface area contributed by atoms with Crippen LogP contribution in [0.15, 0.2) is 18.2 Å². The van der Waals surface area contributed by atoms with Gasteiger partial charge in [0.25, 0.3) is 0 Å². The normalized spacial score (nSPS) is 13.8. The molecule has 1 heterocycles. The molecule has 0 atom stereocenters. The Morgan fingerprint density at radius 3 is 2.89 bits per heavy atom. The molecule has 1 aromatic carbocycles. The smallest absolute Gasteiger partial charge is 0.238 e. The fourth-order valence-corrected chi connectivity index (χ4v) is 2.31. The Morgan fingerprint density at radius 2 is 2.21 bits per heavy atom. The summed E-state index contributed by atoms with van der Waals surface area (Å²) in [6.45, 7) is 0.516. The van der Waals surface area contributed by atoms with E-state index in [-0.39, 0.29) is 31.3 Å². The second kappa shape index (κ2) is 5.95. The van der Waals surface area contributed by atoms with Gasteiger partial charge < -0.3 is 10.8 Å². The van der Waals surface area contributed by atoms with Gasteiger partial charge in [0, 0.05) is 13.0 Å². The van der Waals surface area contributed by atoms with Crippen molar-refractivity contribution in [3.8, 4) is 0 Å². The second-order valence-electron chi connectivity index (χ2n) is 4.63. The van der Waals surface area contributed by atoms with Crippen molar-refractivity contribution in [2.24, 2.45) is 5.73 Å². The Kier molecular flexibility index (Phi) is 4.29. The van der Waals surface area contributed by atoms with Crippen molar-refractivity contribution in [1.82, 2.24) is 0 Å². The molecule has 1 aliphatic heterocycles. The van der Waals surface area contributed by atoms with Crippen LogP contribution in [0, 0.1) is 0 Å². The van der Waals surface area contributed by atoms with Gasteiger partial charge in [0.2, 0.25) is 11.8 Å². The van der Waals surface area contributed by atoms with Gasteiger partial charge in [0.15, 0.2) is 0 Å². The number of anilines is 1. The van der Waals surface area contributed by atoms with Gasteiger partial charge in [-0.2, -0.15) is 0 Å². The summed E-state index contributed by atoms with van der Waals surface area (Å²) in [5.41, 5.74) is 8.15. The number of aliphatic hydroxyl groups excluding tert-OH is 1. The Balaban J connectivity index is 2.21. The number of hydrogen-bond donors (Lipinski definition) is 2. The molecule has 19 heavy (non-hydrogen) atoms. The molecule has 0 unspecified atom stereocenters. The molecule has 0 saturated heterocycles. The number of nitrogens with two attached hydrogens (primary N) is 1. The summed E-state index contributed by atoms with van der Waals surface area (Å²) < 4.78 is 0. The zero-order chi connectivity index (χ0) is 13.8. The van der Waals surface area contributed by atoms with Gasteiger partial charge in [-0.1, -0.05) is 12.1 Å². The highest BCUT2D eigenvalue weighted by atomic mass is 16.3. The minimum atomic E-state index is -0.246. The lowest BCUT2D eigenvalue weighted by Crippen LogP contribution is -2.33. The third-order valence-corrected chi connectivity index (χ3v) is 3.21. The lowest BCUT2D eigenvalue weighted by atomic mass is 10.1. The first-order valence-electron chi connectivity index (χ1n) is 6.46. The van der Waals surface area contributed by atoms with Crippen molar-refractivity contribution < 1.29 is 14.7 Å². The molecular formula is C14H18N2O3. The predicted octanol–water partition coefficient (Wildman–Crippen LogP) is 0.376. The summed E-state index contributed by atoms with van der Waals surface area (Å²) in [6.07, 6.45) is 1.59. The lowest BCUT2D eigenvalue weighted by Gasteiger charge is -2.15. The largest absolute Gasteiger partial charge is 0.396 e. The maximum Gasteiger partial charge on any atom is 0.238 e. The molecule has 0 saturated carbocycles. The Morgan fingerprint density at radius 1 is 1.42 bits per heavy atom. The molecule has 2 rings (SSSR count). The highest BCUT2D eigenvalue weighted by Crippen LogP contribution is 2.30. The molecule has 0 fully saturated rings. The van der Waals surface area contributed by atoms with E-state index in [0.29, 0.717) is 18.7 Å². The van der Waals surface area contributed by atoms with Crippen LogP contribution >= 0.6 is 0 Å². The van der Waals surface area contributed by atoms with Crippen molar-refractivity contribution in [2.45, 2.75) is 25.7 Å². The average molecular weight is 262 g/mol. The summed E-state index contributed by atoms with van der Waals surface area (Å²) >= 11 is 0. The molecule has 5 nitrogen and oxygen atoms in total. The van der Waals surface area contributed by atoms with E-state index in [9.17, 15) is 9.59 Å². The standard InChI is InChI=1S/C14H18N2O3/c15-6-5-10-3-4-12-11(8-10)9-14(19)16(12)13(18)2-1-7-17/h3-4,8,17H,1-2,5-7,9,15H2. The zero-order valence-corrected chi connectivity index (χ0v) is 10.8. The number of carbonyl (C=O) groups is 2. The van der Waals surface area contributed by atoms with Crippen molar-refractivity contribution >= 4 is 17.5 Å². The van der Waals surface area contributed by atoms with Gasteiger partial charge in [0.05, 0.1) is 12.1 Å². The fourth-order valence-electron chi connectivity index (χ4n) is 2.31. The topological polar surface area (TPSA) is 83.6 Å². The summed E-state index contributed by atoms with van der Waals surface area (Å²) in [6, 6.07) is 5.65. The van der Waals surface area contributed by atoms with E-state index in [1.165, 1.54) is 4.90 Å². The van der Waals surface area contributed by atoms with Crippen LogP contribution in [-0.4, -0.2) is 30.1 Å². The summed E-state index contributed by atoms with van der Waals surface area (Å²) in [5, 5.41) is 8.75. The predicted molar refractivity (Wildman–Crippen MR) is 71.7 cm³/mol. The van der Waals surface area contributed by atoms with Crippen LogP contribution in [0.5, 0.6) is 0 Å².